The molecule has 0 fully saturated rings. The van der Waals surface area contributed by atoms with Crippen LogP contribution in [0.4, 0.5) is 0 Å². The van der Waals surface area contributed by atoms with Gasteiger partial charge in [-0.1, -0.05) is 120 Å². The molecular formula is C39H33NO4. The molecule has 6 aromatic rings. The van der Waals surface area contributed by atoms with Gasteiger partial charge in [0.1, 0.15) is 30.5 Å². The van der Waals surface area contributed by atoms with Crippen LogP contribution in [0, 0.1) is 6.92 Å². The molecule has 0 spiro atoms. The maximum absolute atomic E-state index is 6.51. The van der Waals surface area contributed by atoms with Crippen LogP contribution in [0.1, 0.15) is 27.9 Å². The van der Waals surface area contributed by atoms with E-state index in [0.29, 0.717) is 30.5 Å². The van der Waals surface area contributed by atoms with Gasteiger partial charge in [0.25, 0.3) is 0 Å². The summed E-state index contributed by atoms with van der Waals surface area (Å²) in [7, 11) is 1.66. The number of benzene rings is 5. The second kappa shape index (κ2) is 13.6. The van der Waals surface area contributed by atoms with Crippen molar-refractivity contribution < 1.29 is 18.7 Å². The topological polar surface area (TPSA) is 53.7 Å². The van der Waals surface area contributed by atoms with Gasteiger partial charge in [0.05, 0.1) is 23.9 Å². The van der Waals surface area contributed by atoms with Gasteiger partial charge in [-0.05, 0) is 47.4 Å². The van der Waals surface area contributed by atoms with Crippen LogP contribution in [0.3, 0.4) is 0 Å². The van der Waals surface area contributed by atoms with Gasteiger partial charge in [-0.15, -0.1) is 0 Å². The fourth-order valence-corrected chi connectivity index (χ4v) is 5.00. The van der Waals surface area contributed by atoms with Gasteiger partial charge in [-0.3, -0.25) is 0 Å². The van der Waals surface area contributed by atoms with Gasteiger partial charge in [0.2, 0.25) is 0 Å². The molecule has 0 aliphatic heterocycles. The maximum Gasteiger partial charge on any atom is 0.178 e. The highest BCUT2D eigenvalue weighted by molar-refractivity contribution is 5.87. The lowest BCUT2D eigenvalue weighted by Crippen LogP contribution is -2.01. The summed E-state index contributed by atoms with van der Waals surface area (Å²) >= 11 is 0. The van der Waals surface area contributed by atoms with E-state index in [4.69, 9.17) is 18.7 Å². The number of rotatable bonds is 11. The van der Waals surface area contributed by atoms with Crippen molar-refractivity contribution in [1.82, 2.24) is 5.16 Å². The van der Waals surface area contributed by atoms with Gasteiger partial charge in [-0.25, -0.2) is 0 Å². The van der Waals surface area contributed by atoms with Crippen LogP contribution in [0.5, 0.6) is 17.2 Å². The van der Waals surface area contributed by atoms with Gasteiger partial charge in [0, 0.05) is 11.6 Å². The number of aromatic nitrogens is 1. The van der Waals surface area contributed by atoms with E-state index >= 15 is 0 Å². The third-order valence-corrected chi connectivity index (χ3v) is 7.33. The summed E-state index contributed by atoms with van der Waals surface area (Å²) in [6, 6.07) is 42.4. The molecular weight excluding hydrogens is 546 g/mol. The standard InChI is InChI=1S/C39H33NO4/c1-28-38(32-20-22-34(41-2)23-21-32)39(44-40-28)35-24-33(19-18-29-12-6-3-7-13-29)36(42-26-30-14-8-4-9-15-30)25-37(35)43-27-31-16-10-5-11-17-31/h3-25H,26-27H2,1-2H3/b19-18+. The minimum absolute atomic E-state index is 0.385. The minimum Gasteiger partial charge on any atom is -0.497 e. The number of hydrogen-bond acceptors (Lipinski definition) is 5. The van der Waals surface area contributed by atoms with Crippen LogP contribution in [-0.4, -0.2) is 12.3 Å². The van der Waals surface area contributed by atoms with Crippen LogP contribution in [0.25, 0.3) is 34.6 Å². The molecule has 0 radical (unpaired) electrons. The Morgan fingerprint density at radius 2 is 1.25 bits per heavy atom. The molecule has 0 bridgehead atoms. The Kier molecular flexibility index (Phi) is 8.84. The van der Waals surface area contributed by atoms with E-state index in [2.05, 4.69) is 47.6 Å². The zero-order valence-electron chi connectivity index (χ0n) is 24.8. The molecule has 0 N–H and O–H groups in total. The number of aryl methyl sites for hydroxylation is 1. The molecule has 0 unspecified atom stereocenters. The minimum atomic E-state index is 0.385. The highest BCUT2D eigenvalue weighted by atomic mass is 16.5. The number of ether oxygens (including phenoxy) is 3. The fourth-order valence-electron chi connectivity index (χ4n) is 5.00. The molecule has 1 aromatic heterocycles. The van der Waals surface area contributed by atoms with Crippen molar-refractivity contribution in [2.24, 2.45) is 0 Å². The van der Waals surface area contributed by atoms with Crippen LogP contribution >= 0.6 is 0 Å². The largest absolute Gasteiger partial charge is 0.497 e. The van der Waals surface area contributed by atoms with Crippen molar-refractivity contribution in [1.29, 1.82) is 0 Å². The summed E-state index contributed by atoms with van der Waals surface area (Å²) in [5.74, 6) is 2.75. The molecule has 5 heteroatoms. The molecule has 218 valence electrons. The lowest BCUT2D eigenvalue weighted by molar-refractivity contribution is 0.289. The number of nitrogens with zero attached hydrogens (tertiary/aromatic N) is 1. The zero-order chi connectivity index (χ0) is 30.1. The first-order valence-corrected chi connectivity index (χ1v) is 14.5. The first-order valence-electron chi connectivity index (χ1n) is 14.5. The third kappa shape index (κ3) is 6.74. The van der Waals surface area contributed by atoms with Gasteiger partial charge < -0.3 is 18.7 Å². The Labute approximate surface area is 258 Å². The summed E-state index contributed by atoms with van der Waals surface area (Å²) in [4.78, 5) is 0. The van der Waals surface area contributed by atoms with Crippen molar-refractivity contribution in [2.45, 2.75) is 20.1 Å². The number of methoxy groups -OCH3 is 1. The summed E-state index contributed by atoms with van der Waals surface area (Å²) in [5, 5.41) is 4.38. The highest BCUT2D eigenvalue weighted by Gasteiger charge is 2.23. The van der Waals surface area contributed by atoms with Crippen molar-refractivity contribution in [3.8, 4) is 39.7 Å². The molecule has 0 aliphatic rings. The first-order chi connectivity index (χ1) is 21.7. The molecule has 6 rings (SSSR count). The molecule has 0 saturated heterocycles. The summed E-state index contributed by atoms with van der Waals surface area (Å²) in [6.45, 7) is 2.75. The summed E-state index contributed by atoms with van der Waals surface area (Å²) in [6.07, 6.45) is 4.14. The SMILES string of the molecule is COc1ccc(-c2c(C)noc2-c2cc(/C=C/c3ccccc3)c(OCc3ccccc3)cc2OCc2ccccc2)cc1. The predicted molar refractivity (Wildman–Crippen MR) is 176 cm³/mol. The van der Waals surface area contributed by atoms with Crippen LogP contribution in [-0.2, 0) is 13.2 Å². The van der Waals surface area contributed by atoms with E-state index in [1.54, 1.807) is 7.11 Å². The molecule has 0 amide bonds. The van der Waals surface area contributed by atoms with Crippen LogP contribution < -0.4 is 14.2 Å². The smallest absolute Gasteiger partial charge is 0.178 e. The predicted octanol–water partition coefficient (Wildman–Crippen LogP) is 9.65. The second-order valence-corrected chi connectivity index (χ2v) is 10.4. The normalized spacial score (nSPS) is 11.0. The van der Waals surface area contributed by atoms with Gasteiger partial charge in [0.15, 0.2) is 5.76 Å². The quantitative estimate of drug-likeness (QED) is 0.143. The highest BCUT2D eigenvalue weighted by Crippen LogP contribution is 2.43. The van der Waals surface area contributed by atoms with E-state index in [1.807, 2.05) is 104 Å². The van der Waals surface area contributed by atoms with Crippen LogP contribution in [0.15, 0.2) is 132 Å². The van der Waals surface area contributed by atoms with Crippen molar-refractivity contribution in [2.75, 3.05) is 7.11 Å². The number of hydrogen-bond donors (Lipinski definition) is 0. The van der Waals surface area contributed by atoms with Crippen molar-refractivity contribution in [3.63, 3.8) is 0 Å². The van der Waals surface area contributed by atoms with E-state index in [0.717, 1.165) is 50.4 Å². The maximum atomic E-state index is 6.51. The Balaban J connectivity index is 1.47. The molecule has 44 heavy (non-hydrogen) atoms. The van der Waals surface area contributed by atoms with E-state index in [1.165, 1.54) is 0 Å². The van der Waals surface area contributed by atoms with Crippen molar-refractivity contribution >= 4 is 12.2 Å². The molecule has 5 aromatic carbocycles. The lowest BCUT2D eigenvalue weighted by atomic mass is 9.97. The Hall–Kier alpha value is -5.55. The van der Waals surface area contributed by atoms with E-state index in [9.17, 15) is 0 Å². The molecule has 1 heterocycles. The fraction of sp³-hybridized carbons (Fsp3) is 0.103. The van der Waals surface area contributed by atoms with Crippen LogP contribution in [0.2, 0.25) is 0 Å². The monoisotopic (exact) mass is 579 g/mol. The Morgan fingerprint density at radius 1 is 0.659 bits per heavy atom. The summed E-state index contributed by atoms with van der Waals surface area (Å²) in [5.41, 5.74) is 7.55. The van der Waals surface area contributed by atoms with Crippen molar-refractivity contribution in [3.05, 3.63) is 155 Å². The molecule has 0 saturated carbocycles. The first kappa shape index (κ1) is 28.6. The zero-order valence-corrected chi connectivity index (χ0v) is 24.8. The molecule has 0 aliphatic carbocycles. The average Bonchev–Trinajstić information content (AvgIpc) is 3.47. The van der Waals surface area contributed by atoms with E-state index < -0.39 is 0 Å². The average molecular weight is 580 g/mol. The Bertz CT molecular complexity index is 1830. The molecule has 5 nitrogen and oxygen atoms in total. The summed E-state index contributed by atoms with van der Waals surface area (Å²) < 4.78 is 24.4. The Morgan fingerprint density at radius 3 is 1.86 bits per heavy atom. The van der Waals surface area contributed by atoms with Gasteiger partial charge >= 0.3 is 0 Å². The van der Waals surface area contributed by atoms with Gasteiger partial charge in [-0.2, -0.15) is 0 Å². The lowest BCUT2D eigenvalue weighted by Gasteiger charge is -2.17. The third-order valence-electron chi connectivity index (χ3n) is 7.33. The molecule has 0 atom stereocenters. The second-order valence-electron chi connectivity index (χ2n) is 10.4. The van der Waals surface area contributed by atoms with E-state index in [-0.39, 0.29) is 0 Å².